The molecule has 3 nitrogen and oxygen atoms in total. The van der Waals surface area contributed by atoms with E-state index in [0.29, 0.717) is 0 Å². The number of nitrogens with one attached hydrogen (secondary N) is 1. The molecule has 0 aliphatic rings. The predicted octanol–water partition coefficient (Wildman–Crippen LogP) is 1.93. The molecule has 0 bridgehead atoms. The summed E-state index contributed by atoms with van der Waals surface area (Å²) in [4.78, 5) is 23.4. The average Bonchev–Trinajstić information content (AvgIpc) is 2.34. The lowest BCUT2D eigenvalue weighted by atomic mass is 9.79. The lowest BCUT2D eigenvalue weighted by Crippen LogP contribution is -2.26. The Labute approximate surface area is 109 Å². The highest BCUT2D eigenvalue weighted by atomic mass is 16.1. The number of benzene rings is 1. The van der Waals surface area contributed by atoms with Crippen molar-refractivity contribution in [2.24, 2.45) is 5.92 Å². The largest absolute Gasteiger partial charge is 0.434 e. The fourth-order valence-corrected chi connectivity index (χ4v) is 2.44. The molecule has 1 aromatic carbocycles. The summed E-state index contributed by atoms with van der Waals surface area (Å²) in [5.41, 5.74) is 2.04. The molecule has 96 valence electrons. The fourth-order valence-electron chi connectivity index (χ4n) is 2.44. The molecule has 0 aromatic heterocycles. The van der Waals surface area contributed by atoms with E-state index in [4.69, 9.17) is 0 Å². The van der Waals surface area contributed by atoms with Gasteiger partial charge in [-0.25, -0.2) is 0 Å². The zero-order valence-electron chi connectivity index (χ0n) is 11.5. The summed E-state index contributed by atoms with van der Waals surface area (Å²) in [6.07, 6.45) is 0.775. The molecule has 1 N–H and O–H groups in total. The Morgan fingerprint density at radius 2 is 1.89 bits per heavy atom. The summed E-state index contributed by atoms with van der Waals surface area (Å²) in [5.74, 6) is -0.663. The molecule has 0 fully saturated rings. The van der Waals surface area contributed by atoms with Crippen LogP contribution in [0.1, 0.15) is 38.7 Å². The Hall–Kier alpha value is -1.58. The van der Waals surface area contributed by atoms with Gasteiger partial charge in [0, 0.05) is 11.6 Å². The van der Waals surface area contributed by atoms with Crippen LogP contribution in [-0.2, 0) is 9.59 Å². The van der Waals surface area contributed by atoms with Crippen LogP contribution in [0, 0.1) is 5.92 Å². The van der Waals surface area contributed by atoms with Crippen molar-refractivity contribution in [2.45, 2.75) is 33.1 Å². The molecule has 0 aliphatic heterocycles. The fraction of sp³-hybridized carbons (Fsp3) is 0.429. The third kappa shape index (κ3) is 3.22. The van der Waals surface area contributed by atoms with E-state index in [1.807, 2.05) is 39.2 Å². The van der Waals surface area contributed by atoms with Gasteiger partial charge in [-0.1, -0.05) is 19.1 Å². The Morgan fingerprint density at radius 1 is 1.28 bits per heavy atom. The van der Waals surface area contributed by atoms with E-state index in [1.165, 1.54) is 13.8 Å². The molecule has 0 spiro atoms. The van der Waals surface area contributed by atoms with Crippen LogP contribution in [0.4, 0.5) is 5.69 Å². The zero-order chi connectivity index (χ0) is 13.7. The van der Waals surface area contributed by atoms with Crippen LogP contribution in [0.2, 0.25) is 0 Å². The van der Waals surface area contributed by atoms with Gasteiger partial charge < -0.3 is 5.23 Å². The van der Waals surface area contributed by atoms with Gasteiger partial charge in [-0.2, -0.15) is 0 Å². The minimum atomic E-state index is -0.526. The van der Waals surface area contributed by atoms with Crippen LogP contribution < -0.4 is 5.23 Å². The summed E-state index contributed by atoms with van der Waals surface area (Å²) >= 11 is 0. The highest BCUT2D eigenvalue weighted by Crippen LogP contribution is 2.31. The molecule has 1 aromatic rings. The van der Waals surface area contributed by atoms with Gasteiger partial charge in [0.2, 0.25) is 7.98 Å². The summed E-state index contributed by atoms with van der Waals surface area (Å²) in [6, 6.07) is 7.90. The predicted molar refractivity (Wildman–Crippen MR) is 76.5 cm³/mol. The minimum absolute atomic E-state index is 0.0340. The van der Waals surface area contributed by atoms with E-state index in [-0.39, 0.29) is 17.5 Å². The van der Waals surface area contributed by atoms with Gasteiger partial charge in [0.1, 0.15) is 11.6 Å². The molecule has 0 amide bonds. The van der Waals surface area contributed by atoms with E-state index in [9.17, 15) is 9.59 Å². The van der Waals surface area contributed by atoms with Gasteiger partial charge >= 0.3 is 0 Å². The second-order valence-corrected chi connectivity index (χ2v) is 4.59. The van der Waals surface area contributed by atoms with E-state index in [0.717, 1.165) is 17.7 Å². The first kappa shape index (κ1) is 14.5. The molecule has 0 saturated carbocycles. The summed E-state index contributed by atoms with van der Waals surface area (Å²) < 4.78 is 0. The highest BCUT2D eigenvalue weighted by Gasteiger charge is 2.29. The number of Topliss-reactive ketones (excluding diaryl/α,β-unsaturated/α-hetero) is 2. The Bertz CT molecular complexity index is 431. The van der Waals surface area contributed by atoms with Crippen molar-refractivity contribution in [3.63, 3.8) is 0 Å². The van der Waals surface area contributed by atoms with Gasteiger partial charge in [0.05, 0.1) is 5.92 Å². The highest BCUT2D eigenvalue weighted by molar-refractivity contribution is 6.15. The van der Waals surface area contributed by atoms with E-state index in [1.54, 1.807) is 0 Å². The normalized spacial score (nSPS) is 12.2. The molecular weight excluding hydrogens is 225 g/mol. The van der Waals surface area contributed by atoms with Gasteiger partial charge in [-0.05, 0) is 38.0 Å². The van der Waals surface area contributed by atoms with Crippen LogP contribution >= 0.6 is 0 Å². The first-order valence-electron chi connectivity index (χ1n) is 6.29. The summed E-state index contributed by atoms with van der Waals surface area (Å²) in [5, 5.41) is 3.07. The average molecular weight is 245 g/mol. The lowest BCUT2D eigenvalue weighted by Gasteiger charge is -2.23. The van der Waals surface area contributed by atoms with Crippen LogP contribution in [0.25, 0.3) is 0 Å². The van der Waals surface area contributed by atoms with Crippen molar-refractivity contribution in [2.75, 3.05) is 5.23 Å². The third-order valence-corrected chi connectivity index (χ3v) is 3.32. The second kappa shape index (κ2) is 6.38. The minimum Gasteiger partial charge on any atom is -0.434 e. The second-order valence-electron chi connectivity index (χ2n) is 4.59. The van der Waals surface area contributed by atoms with E-state index < -0.39 is 5.92 Å². The summed E-state index contributed by atoms with van der Waals surface area (Å²) in [6.45, 7) is 5.00. The van der Waals surface area contributed by atoms with Crippen molar-refractivity contribution < 1.29 is 9.59 Å². The maximum absolute atomic E-state index is 11.7. The number of anilines is 1. The number of carbonyl (C=O) groups is 2. The Morgan fingerprint density at radius 3 is 2.33 bits per heavy atom. The van der Waals surface area contributed by atoms with Crippen molar-refractivity contribution >= 4 is 25.2 Å². The SMILES string of the molecule is BNc1cccc([C@@H](CC)C(C(C)=O)C(C)=O)c1. The van der Waals surface area contributed by atoms with Crippen molar-refractivity contribution in [1.29, 1.82) is 0 Å². The number of carbonyl (C=O) groups excluding carboxylic acids is 2. The standard InChI is InChI=1S/C14H20BNO2/c1-4-13(14(9(2)17)10(3)18)11-6-5-7-12(8-11)16-15/h5-8,13-14,16H,4,15H2,1-3H3/t13-/m1/s1. The topological polar surface area (TPSA) is 46.2 Å². The molecule has 1 rings (SSSR count). The van der Waals surface area contributed by atoms with Crippen molar-refractivity contribution in [3.8, 4) is 0 Å². The molecule has 0 unspecified atom stereocenters. The smallest absolute Gasteiger partial charge is 0.213 e. The number of hydrogen-bond acceptors (Lipinski definition) is 3. The quantitative estimate of drug-likeness (QED) is 0.615. The van der Waals surface area contributed by atoms with E-state index in [2.05, 4.69) is 5.23 Å². The third-order valence-electron chi connectivity index (χ3n) is 3.32. The molecule has 4 heteroatoms. The van der Waals surface area contributed by atoms with Crippen LogP contribution in [-0.4, -0.2) is 19.5 Å². The molecular formula is C14H20BNO2. The van der Waals surface area contributed by atoms with Crippen molar-refractivity contribution in [1.82, 2.24) is 0 Å². The molecule has 0 radical (unpaired) electrons. The Kier molecular flexibility index (Phi) is 5.14. The van der Waals surface area contributed by atoms with Gasteiger partial charge in [-0.15, -0.1) is 0 Å². The van der Waals surface area contributed by atoms with Crippen LogP contribution in [0.3, 0.4) is 0 Å². The first-order valence-corrected chi connectivity index (χ1v) is 6.29. The van der Waals surface area contributed by atoms with Gasteiger partial charge in [0.15, 0.2) is 0 Å². The van der Waals surface area contributed by atoms with Crippen molar-refractivity contribution in [3.05, 3.63) is 29.8 Å². The Balaban J connectivity index is 3.14. The number of rotatable bonds is 6. The molecule has 0 heterocycles. The zero-order valence-corrected chi connectivity index (χ0v) is 11.5. The molecule has 1 atom stereocenters. The lowest BCUT2D eigenvalue weighted by molar-refractivity contribution is -0.131. The van der Waals surface area contributed by atoms with E-state index >= 15 is 0 Å². The maximum atomic E-state index is 11.7. The maximum Gasteiger partial charge on any atom is 0.213 e. The monoisotopic (exact) mass is 245 g/mol. The molecule has 0 saturated heterocycles. The summed E-state index contributed by atoms with van der Waals surface area (Å²) in [7, 11) is 1.85. The van der Waals surface area contributed by atoms with Crippen LogP contribution in [0.5, 0.6) is 0 Å². The molecule has 18 heavy (non-hydrogen) atoms. The van der Waals surface area contributed by atoms with Gasteiger partial charge in [0.25, 0.3) is 0 Å². The first-order chi connectivity index (χ1) is 8.51. The number of hydrogen-bond donors (Lipinski definition) is 1. The van der Waals surface area contributed by atoms with Crippen LogP contribution in [0.15, 0.2) is 24.3 Å². The molecule has 0 aliphatic carbocycles. The number of ketones is 2. The van der Waals surface area contributed by atoms with Gasteiger partial charge in [-0.3, -0.25) is 9.59 Å².